The molecule has 3 rings (SSSR count). The minimum Gasteiger partial charge on any atom is -0.494 e. The van der Waals surface area contributed by atoms with Crippen LogP contribution in [0.3, 0.4) is 0 Å². The third-order valence-corrected chi connectivity index (χ3v) is 11.2. The fourth-order valence-corrected chi connectivity index (χ4v) is 7.05. The average molecular weight is 659 g/mol. The van der Waals surface area contributed by atoms with Crippen LogP contribution in [0.2, 0.25) is 0 Å². The summed E-state index contributed by atoms with van der Waals surface area (Å²) in [7, 11) is 0. The van der Waals surface area contributed by atoms with Crippen molar-refractivity contribution in [2.24, 2.45) is 33.5 Å². The first-order valence-corrected chi connectivity index (χ1v) is 16.8. The van der Waals surface area contributed by atoms with Gasteiger partial charge in [-0.15, -0.1) is 0 Å². The molecule has 1 fully saturated rings. The van der Waals surface area contributed by atoms with Gasteiger partial charge in [0.1, 0.15) is 12.4 Å². The Labute approximate surface area is 279 Å². The number of unbranched alkanes of at least 4 members (excludes halogenated alkanes) is 3. The van der Waals surface area contributed by atoms with Crippen LogP contribution in [0.1, 0.15) is 106 Å². The third-order valence-electron chi connectivity index (χ3n) is 11.2. The maximum Gasteiger partial charge on any atom is 0.331 e. The highest BCUT2D eigenvalue weighted by atomic mass is 19.2. The molecule has 2 aromatic rings. The molecule has 0 N–H and O–H groups in total. The van der Waals surface area contributed by atoms with Gasteiger partial charge in [0.25, 0.3) is 0 Å². The normalized spacial score (nSPS) is 20.6. The predicted octanol–water partition coefficient (Wildman–Crippen LogP) is 10.1. The van der Waals surface area contributed by atoms with E-state index in [0.717, 1.165) is 49.8 Å². The molecule has 1 aliphatic rings. The summed E-state index contributed by atoms with van der Waals surface area (Å²) in [6, 6.07) is 8.75. The van der Waals surface area contributed by atoms with Gasteiger partial charge in [0.15, 0.2) is 17.5 Å². The van der Waals surface area contributed by atoms with Crippen LogP contribution < -0.4 is 4.74 Å². The SMILES string of the molecule is CC(C)C(C)(C)CC1(C(=O)OCCCCCCOc2ccc(/C=C/C(=O)OCc3cc(F)c(F)c(F)c3)cc2)C(C)(C)C1(C)C(C)C. The van der Waals surface area contributed by atoms with Crippen molar-refractivity contribution in [3.8, 4) is 5.75 Å². The summed E-state index contributed by atoms with van der Waals surface area (Å²) < 4.78 is 56.5. The Morgan fingerprint density at radius 3 is 1.96 bits per heavy atom. The monoisotopic (exact) mass is 658 g/mol. The molecule has 47 heavy (non-hydrogen) atoms. The van der Waals surface area contributed by atoms with Crippen molar-refractivity contribution in [2.75, 3.05) is 13.2 Å². The second-order valence-corrected chi connectivity index (χ2v) is 15.0. The maximum atomic E-state index is 13.8. The fraction of sp³-hybridized carbons (Fsp3) is 0.590. The molecule has 0 amide bonds. The van der Waals surface area contributed by atoms with E-state index in [1.165, 1.54) is 6.08 Å². The highest BCUT2D eigenvalue weighted by Gasteiger charge is 2.84. The second-order valence-electron chi connectivity index (χ2n) is 15.0. The van der Waals surface area contributed by atoms with E-state index >= 15 is 0 Å². The van der Waals surface area contributed by atoms with E-state index in [1.54, 1.807) is 30.3 Å². The van der Waals surface area contributed by atoms with Gasteiger partial charge >= 0.3 is 11.9 Å². The van der Waals surface area contributed by atoms with Gasteiger partial charge in [-0.2, -0.15) is 0 Å². The first-order chi connectivity index (χ1) is 21.9. The molecule has 2 aromatic carbocycles. The summed E-state index contributed by atoms with van der Waals surface area (Å²) >= 11 is 0. The lowest BCUT2D eigenvalue weighted by Crippen LogP contribution is -2.35. The molecule has 0 radical (unpaired) electrons. The number of rotatable bonds is 17. The lowest BCUT2D eigenvalue weighted by Gasteiger charge is -2.36. The summed E-state index contributed by atoms with van der Waals surface area (Å²) in [4.78, 5) is 25.7. The summed E-state index contributed by atoms with van der Waals surface area (Å²) in [6.07, 6.45) is 7.15. The number of esters is 2. The first-order valence-electron chi connectivity index (χ1n) is 16.8. The zero-order valence-electron chi connectivity index (χ0n) is 29.6. The van der Waals surface area contributed by atoms with E-state index in [2.05, 4.69) is 62.3 Å². The summed E-state index contributed by atoms with van der Waals surface area (Å²) in [6.45, 7) is 20.8. The van der Waals surface area contributed by atoms with Crippen LogP contribution in [-0.4, -0.2) is 25.2 Å². The molecular formula is C39H53F3O5. The molecule has 2 unspecified atom stereocenters. The Morgan fingerprint density at radius 2 is 1.43 bits per heavy atom. The number of ether oxygens (including phenoxy) is 3. The van der Waals surface area contributed by atoms with Crippen molar-refractivity contribution in [1.29, 1.82) is 0 Å². The molecule has 8 heteroatoms. The number of carbonyl (C=O) groups is 2. The highest BCUT2D eigenvalue weighted by molar-refractivity contribution is 5.87. The lowest BCUT2D eigenvalue weighted by atomic mass is 9.69. The van der Waals surface area contributed by atoms with Crippen molar-refractivity contribution >= 4 is 18.0 Å². The third kappa shape index (κ3) is 8.24. The molecule has 1 aliphatic carbocycles. The van der Waals surface area contributed by atoms with Crippen LogP contribution in [0, 0.1) is 50.9 Å². The van der Waals surface area contributed by atoms with Crippen molar-refractivity contribution < 1.29 is 37.0 Å². The average Bonchev–Trinajstić information content (AvgIpc) is 3.40. The molecule has 1 saturated carbocycles. The van der Waals surface area contributed by atoms with Gasteiger partial charge in [-0.1, -0.05) is 74.4 Å². The van der Waals surface area contributed by atoms with Gasteiger partial charge in [-0.3, -0.25) is 4.79 Å². The van der Waals surface area contributed by atoms with E-state index in [-0.39, 0.29) is 34.4 Å². The minimum absolute atomic E-state index is 0.00895. The first kappa shape index (κ1) is 38.2. The Kier molecular flexibility index (Phi) is 12.4. The summed E-state index contributed by atoms with van der Waals surface area (Å²) in [5.74, 6) is -3.46. The van der Waals surface area contributed by atoms with Crippen molar-refractivity contribution in [1.82, 2.24) is 0 Å². The molecule has 0 spiro atoms. The summed E-state index contributed by atoms with van der Waals surface area (Å²) in [5.41, 5.74) is 0.0367. The number of carbonyl (C=O) groups excluding carboxylic acids is 2. The van der Waals surface area contributed by atoms with Crippen molar-refractivity contribution in [2.45, 2.75) is 101 Å². The summed E-state index contributed by atoms with van der Waals surface area (Å²) in [5, 5.41) is 0. The number of hydrogen-bond donors (Lipinski definition) is 0. The smallest absolute Gasteiger partial charge is 0.331 e. The predicted molar refractivity (Wildman–Crippen MR) is 179 cm³/mol. The molecule has 0 saturated heterocycles. The molecule has 0 aliphatic heterocycles. The minimum atomic E-state index is -1.57. The molecule has 260 valence electrons. The fourth-order valence-electron chi connectivity index (χ4n) is 7.05. The van der Waals surface area contributed by atoms with Gasteiger partial charge in [-0.25, -0.2) is 18.0 Å². The van der Waals surface area contributed by atoms with E-state index in [9.17, 15) is 22.8 Å². The zero-order valence-corrected chi connectivity index (χ0v) is 29.6. The van der Waals surface area contributed by atoms with Crippen LogP contribution >= 0.6 is 0 Å². The van der Waals surface area contributed by atoms with Crippen LogP contribution in [0.25, 0.3) is 6.08 Å². The molecule has 0 bridgehead atoms. The lowest BCUT2D eigenvalue weighted by molar-refractivity contribution is -0.155. The van der Waals surface area contributed by atoms with E-state index in [4.69, 9.17) is 14.2 Å². The zero-order chi connectivity index (χ0) is 35.2. The standard InChI is InChI=1S/C39H53F3O5/c1-26(2)36(5,6)25-39(37(7,8)38(39,9)27(3)4)35(44)46-21-13-11-10-12-20-45-30-17-14-28(15-18-30)16-19-33(43)47-24-29-22-31(40)34(42)32(41)23-29/h14-19,22-23,26-27H,10-13,20-21,24-25H2,1-9H3/b19-16+. The topological polar surface area (TPSA) is 61.8 Å². The Hall–Kier alpha value is -3.29. The number of halogens is 3. The Bertz CT molecular complexity index is 1390. The highest BCUT2D eigenvalue weighted by Crippen LogP contribution is 2.84. The van der Waals surface area contributed by atoms with Crippen LogP contribution in [0.4, 0.5) is 13.2 Å². The second kappa shape index (κ2) is 15.3. The van der Waals surface area contributed by atoms with Gasteiger partial charge in [0.2, 0.25) is 0 Å². The largest absolute Gasteiger partial charge is 0.494 e. The molecule has 0 aromatic heterocycles. The van der Waals surface area contributed by atoms with Crippen molar-refractivity contribution in [3.63, 3.8) is 0 Å². The van der Waals surface area contributed by atoms with E-state index < -0.39 is 28.8 Å². The van der Waals surface area contributed by atoms with Crippen LogP contribution in [0.5, 0.6) is 5.75 Å². The molecule has 2 atom stereocenters. The Balaban J connectivity index is 1.36. The number of benzene rings is 2. The van der Waals surface area contributed by atoms with E-state index in [0.29, 0.717) is 30.8 Å². The maximum absolute atomic E-state index is 13.8. The Morgan fingerprint density at radius 1 is 0.851 bits per heavy atom. The molecule has 0 heterocycles. The van der Waals surface area contributed by atoms with Crippen LogP contribution in [-0.2, 0) is 25.7 Å². The van der Waals surface area contributed by atoms with Gasteiger partial charge in [-0.05, 0) is 102 Å². The van der Waals surface area contributed by atoms with Gasteiger partial charge in [0.05, 0.1) is 18.6 Å². The molecule has 5 nitrogen and oxygen atoms in total. The van der Waals surface area contributed by atoms with Gasteiger partial charge in [0, 0.05) is 6.08 Å². The van der Waals surface area contributed by atoms with E-state index in [1.807, 2.05) is 0 Å². The van der Waals surface area contributed by atoms with Crippen molar-refractivity contribution in [3.05, 3.63) is 71.1 Å². The number of hydrogen-bond acceptors (Lipinski definition) is 5. The quantitative estimate of drug-likeness (QED) is 0.0733. The molecular weight excluding hydrogens is 605 g/mol. The van der Waals surface area contributed by atoms with Crippen LogP contribution in [0.15, 0.2) is 42.5 Å². The van der Waals surface area contributed by atoms with Gasteiger partial charge < -0.3 is 14.2 Å².